The van der Waals surface area contributed by atoms with Crippen molar-refractivity contribution < 1.29 is 9.84 Å². The van der Waals surface area contributed by atoms with Gasteiger partial charge in [0.15, 0.2) is 0 Å². The van der Waals surface area contributed by atoms with Crippen molar-refractivity contribution in [1.82, 2.24) is 4.98 Å². The number of aliphatic hydroxyl groups is 1. The molecule has 0 aliphatic carbocycles. The summed E-state index contributed by atoms with van der Waals surface area (Å²) < 4.78 is 5.06. The van der Waals surface area contributed by atoms with E-state index < -0.39 is 0 Å². The molecule has 1 heterocycles. The predicted octanol–water partition coefficient (Wildman–Crippen LogP) is 1.34. The van der Waals surface area contributed by atoms with Crippen LogP contribution in [-0.2, 0) is 11.3 Å². The number of thiazole rings is 1. The van der Waals surface area contributed by atoms with E-state index in [4.69, 9.17) is 9.84 Å². The molecule has 0 saturated heterocycles. The Kier molecular flexibility index (Phi) is 2.99. The van der Waals surface area contributed by atoms with Gasteiger partial charge in [-0.25, -0.2) is 4.98 Å². The fourth-order valence-corrected chi connectivity index (χ4v) is 1.49. The number of aromatic nitrogens is 1. The molecule has 1 aromatic rings. The van der Waals surface area contributed by atoms with Gasteiger partial charge in [-0.1, -0.05) is 0 Å². The van der Waals surface area contributed by atoms with Gasteiger partial charge < -0.3 is 9.84 Å². The standard InChI is InChI=1S/C7H11NO2S/c1-5(10-2)7-8-3-6(4-9)11-7/h3,5,9H,4H2,1-2H3. The van der Waals surface area contributed by atoms with Gasteiger partial charge in [0.05, 0.1) is 11.5 Å². The number of ether oxygens (including phenoxy) is 1. The third kappa shape index (κ3) is 1.99. The number of hydrogen-bond acceptors (Lipinski definition) is 4. The minimum Gasteiger partial charge on any atom is -0.391 e. The molecule has 0 spiro atoms. The first kappa shape index (κ1) is 8.64. The minimum atomic E-state index is 0.0281. The number of rotatable bonds is 3. The molecule has 1 unspecified atom stereocenters. The third-order valence-corrected chi connectivity index (χ3v) is 2.57. The fraction of sp³-hybridized carbons (Fsp3) is 0.571. The summed E-state index contributed by atoms with van der Waals surface area (Å²) in [6, 6.07) is 0. The Bertz CT molecular complexity index is 224. The lowest BCUT2D eigenvalue weighted by Crippen LogP contribution is -1.93. The van der Waals surface area contributed by atoms with Crippen molar-refractivity contribution in [3.63, 3.8) is 0 Å². The van der Waals surface area contributed by atoms with Crippen molar-refractivity contribution in [2.75, 3.05) is 7.11 Å². The number of hydrogen-bond donors (Lipinski definition) is 1. The van der Waals surface area contributed by atoms with Gasteiger partial charge in [0, 0.05) is 13.3 Å². The Morgan fingerprint density at radius 3 is 3.00 bits per heavy atom. The maximum absolute atomic E-state index is 8.74. The number of aliphatic hydroxyl groups excluding tert-OH is 1. The summed E-state index contributed by atoms with van der Waals surface area (Å²) in [5.41, 5.74) is 0. The zero-order chi connectivity index (χ0) is 8.27. The zero-order valence-electron chi connectivity index (χ0n) is 6.57. The summed E-state index contributed by atoms with van der Waals surface area (Å²) in [5.74, 6) is 0. The van der Waals surface area contributed by atoms with Gasteiger partial charge in [0.25, 0.3) is 0 Å². The molecular weight excluding hydrogens is 162 g/mol. The van der Waals surface area contributed by atoms with Crippen LogP contribution in [0.4, 0.5) is 0 Å². The number of methoxy groups -OCH3 is 1. The van der Waals surface area contributed by atoms with Crippen LogP contribution < -0.4 is 0 Å². The van der Waals surface area contributed by atoms with Crippen LogP contribution in [0.25, 0.3) is 0 Å². The van der Waals surface area contributed by atoms with Gasteiger partial charge in [-0.15, -0.1) is 11.3 Å². The van der Waals surface area contributed by atoms with Crippen molar-refractivity contribution in [2.24, 2.45) is 0 Å². The molecule has 0 aliphatic heterocycles. The first-order valence-corrected chi connectivity index (χ1v) is 4.17. The van der Waals surface area contributed by atoms with Crippen molar-refractivity contribution in [3.05, 3.63) is 16.1 Å². The second-order valence-corrected chi connectivity index (χ2v) is 3.35. The average molecular weight is 173 g/mol. The van der Waals surface area contributed by atoms with Crippen molar-refractivity contribution in [3.8, 4) is 0 Å². The molecule has 11 heavy (non-hydrogen) atoms. The molecule has 0 fully saturated rings. The summed E-state index contributed by atoms with van der Waals surface area (Å²) >= 11 is 1.48. The van der Waals surface area contributed by atoms with Gasteiger partial charge in [-0.3, -0.25) is 0 Å². The lowest BCUT2D eigenvalue weighted by molar-refractivity contribution is 0.119. The first-order chi connectivity index (χ1) is 5.27. The molecule has 0 aromatic carbocycles. The molecule has 1 aromatic heterocycles. The highest BCUT2D eigenvalue weighted by atomic mass is 32.1. The molecule has 0 amide bonds. The lowest BCUT2D eigenvalue weighted by atomic mass is 10.4. The van der Waals surface area contributed by atoms with Crippen molar-refractivity contribution in [2.45, 2.75) is 19.6 Å². The van der Waals surface area contributed by atoms with Crippen LogP contribution in [0.1, 0.15) is 22.9 Å². The van der Waals surface area contributed by atoms with Gasteiger partial charge in [0.2, 0.25) is 0 Å². The Hall–Kier alpha value is -0.450. The lowest BCUT2D eigenvalue weighted by Gasteiger charge is -2.02. The molecule has 1 rings (SSSR count). The second kappa shape index (κ2) is 3.80. The zero-order valence-corrected chi connectivity index (χ0v) is 7.39. The van der Waals surface area contributed by atoms with E-state index in [0.717, 1.165) is 9.88 Å². The molecule has 4 heteroatoms. The van der Waals surface area contributed by atoms with E-state index in [1.165, 1.54) is 11.3 Å². The van der Waals surface area contributed by atoms with E-state index in [1.807, 2.05) is 6.92 Å². The van der Waals surface area contributed by atoms with Gasteiger partial charge in [-0.05, 0) is 6.92 Å². The Morgan fingerprint density at radius 1 is 1.82 bits per heavy atom. The Labute approximate surface area is 69.7 Å². The van der Waals surface area contributed by atoms with Gasteiger partial charge in [0.1, 0.15) is 11.1 Å². The topological polar surface area (TPSA) is 42.4 Å². The van der Waals surface area contributed by atoms with Crippen molar-refractivity contribution >= 4 is 11.3 Å². The summed E-state index contributed by atoms with van der Waals surface area (Å²) in [6.07, 6.45) is 1.70. The maximum Gasteiger partial charge on any atom is 0.121 e. The van der Waals surface area contributed by atoms with E-state index in [9.17, 15) is 0 Å². The Morgan fingerprint density at radius 2 is 2.55 bits per heavy atom. The molecule has 3 nitrogen and oxygen atoms in total. The first-order valence-electron chi connectivity index (χ1n) is 3.36. The molecule has 0 saturated carbocycles. The van der Waals surface area contributed by atoms with E-state index >= 15 is 0 Å². The SMILES string of the molecule is COC(C)c1ncc(CO)s1. The van der Waals surface area contributed by atoms with Crippen molar-refractivity contribution in [1.29, 1.82) is 0 Å². The van der Waals surface area contributed by atoms with Crippen LogP contribution in [0.5, 0.6) is 0 Å². The van der Waals surface area contributed by atoms with Crippen LogP contribution in [0.15, 0.2) is 6.20 Å². The second-order valence-electron chi connectivity index (χ2n) is 2.20. The third-order valence-electron chi connectivity index (χ3n) is 1.43. The van der Waals surface area contributed by atoms with Crippen LogP contribution in [0.3, 0.4) is 0 Å². The summed E-state index contributed by atoms with van der Waals surface area (Å²) in [5, 5.41) is 9.65. The fourth-order valence-electron chi connectivity index (χ4n) is 0.684. The normalized spacial score (nSPS) is 13.4. The molecule has 1 N–H and O–H groups in total. The summed E-state index contributed by atoms with van der Waals surface area (Å²) in [7, 11) is 1.64. The average Bonchev–Trinajstić information content (AvgIpc) is 2.50. The van der Waals surface area contributed by atoms with E-state index in [1.54, 1.807) is 13.3 Å². The van der Waals surface area contributed by atoms with Gasteiger partial charge in [-0.2, -0.15) is 0 Å². The molecule has 62 valence electrons. The monoisotopic (exact) mass is 173 g/mol. The highest BCUT2D eigenvalue weighted by Crippen LogP contribution is 2.21. The largest absolute Gasteiger partial charge is 0.391 e. The Balaban J connectivity index is 2.71. The predicted molar refractivity (Wildman–Crippen MR) is 43.5 cm³/mol. The minimum absolute atomic E-state index is 0.0281. The van der Waals surface area contributed by atoms with E-state index in [-0.39, 0.29) is 12.7 Å². The molecular formula is C7H11NO2S. The molecule has 0 radical (unpaired) electrons. The molecule has 0 bridgehead atoms. The van der Waals surface area contributed by atoms with E-state index in [2.05, 4.69) is 4.98 Å². The highest BCUT2D eigenvalue weighted by molar-refractivity contribution is 7.11. The van der Waals surface area contributed by atoms with Crippen LogP contribution in [-0.4, -0.2) is 17.2 Å². The van der Waals surface area contributed by atoms with Crippen LogP contribution >= 0.6 is 11.3 Å². The van der Waals surface area contributed by atoms with Gasteiger partial charge >= 0.3 is 0 Å². The number of nitrogens with zero attached hydrogens (tertiary/aromatic N) is 1. The quantitative estimate of drug-likeness (QED) is 0.750. The summed E-state index contributed by atoms with van der Waals surface area (Å²) in [4.78, 5) is 4.97. The summed E-state index contributed by atoms with van der Waals surface area (Å²) in [6.45, 7) is 1.99. The van der Waals surface area contributed by atoms with Crippen LogP contribution in [0, 0.1) is 0 Å². The molecule has 1 atom stereocenters. The smallest absolute Gasteiger partial charge is 0.121 e. The maximum atomic E-state index is 8.74. The van der Waals surface area contributed by atoms with E-state index in [0.29, 0.717) is 0 Å². The highest BCUT2D eigenvalue weighted by Gasteiger charge is 2.07. The van der Waals surface area contributed by atoms with Crippen LogP contribution in [0.2, 0.25) is 0 Å². The molecule has 0 aliphatic rings.